The molecule has 0 bridgehead atoms. The summed E-state index contributed by atoms with van der Waals surface area (Å²) in [6, 6.07) is 9.68. The van der Waals surface area contributed by atoms with Gasteiger partial charge in [0.1, 0.15) is 0 Å². The molecule has 0 amide bonds. The van der Waals surface area contributed by atoms with Gasteiger partial charge in [-0.25, -0.2) is 0 Å². The van der Waals surface area contributed by atoms with E-state index in [0.29, 0.717) is 6.42 Å². The first-order valence-corrected chi connectivity index (χ1v) is 6.22. The molecule has 1 unspecified atom stereocenters. The molecule has 0 saturated heterocycles. The summed E-state index contributed by atoms with van der Waals surface area (Å²) in [5, 5.41) is 0. The fourth-order valence-corrected chi connectivity index (χ4v) is 2.04. The van der Waals surface area contributed by atoms with Gasteiger partial charge in [-0.1, -0.05) is 42.5 Å². The zero-order valence-electron chi connectivity index (χ0n) is 10.2. The molecule has 1 aromatic rings. The molecule has 18 heavy (non-hydrogen) atoms. The van der Waals surface area contributed by atoms with Crippen molar-refractivity contribution in [1.29, 1.82) is 0 Å². The highest BCUT2D eigenvalue weighted by atomic mass is 16.1. The van der Waals surface area contributed by atoms with Crippen molar-refractivity contribution in [2.75, 3.05) is 0 Å². The Balaban J connectivity index is 1.91. The lowest BCUT2D eigenvalue weighted by atomic mass is 9.88. The van der Waals surface area contributed by atoms with E-state index in [9.17, 15) is 9.59 Å². The monoisotopic (exact) mass is 240 g/mol. The molecule has 2 heteroatoms. The predicted octanol–water partition coefficient (Wildman–Crippen LogP) is 3.19. The van der Waals surface area contributed by atoms with E-state index < -0.39 is 0 Å². The smallest absolute Gasteiger partial charge is 0.158 e. The minimum absolute atomic E-state index is 0.0208. The summed E-state index contributed by atoms with van der Waals surface area (Å²) in [6.45, 7) is 0. The van der Waals surface area contributed by atoms with Crippen molar-refractivity contribution in [1.82, 2.24) is 0 Å². The molecule has 1 aliphatic carbocycles. The SMILES string of the molecule is O=C(C=Cc1ccccc1)CC1CCC=CC1=O. The average molecular weight is 240 g/mol. The standard InChI is InChI=1S/C16H16O2/c17-15(11-10-13-6-2-1-3-7-13)12-14-8-4-5-9-16(14)18/h1-3,5-7,9-11,14H,4,8,12H2. The van der Waals surface area contributed by atoms with Gasteiger partial charge in [0.15, 0.2) is 11.6 Å². The van der Waals surface area contributed by atoms with E-state index >= 15 is 0 Å². The summed E-state index contributed by atoms with van der Waals surface area (Å²) in [5.41, 5.74) is 1.00. The highest BCUT2D eigenvalue weighted by Crippen LogP contribution is 2.19. The van der Waals surface area contributed by atoms with E-state index in [1.54, 1.807) is 18.2 Å². The van der Waals surface area contributed by atoms with E-state index in [0.717, 1.165) is 18.4 Å². The van der Waals surface area contributed by atoms with Gasteiger partial charge in [0.25, 0.3) is 0 Å². The first kappa shape index (κ1) is 12.5. The second-order valence-corrected chi connectivity index (χ2v) is 4.49. The van der Waals surface area contributed by atoms with Crippen LogP contribution in [-0.4, -0.2) is 11.6 Å². The van der Waals surface area contributed by atoms with Crippen LogP contribution >= 0.6 is 0 Å². The van der Waals surface area contributed by atoms with Gasteiger partial charge in [0.2, 0.25) is 0 Å². The molecule has 1 aliphatic rings. The van der Waals surface area contributed by atoms with Crippen LogP contribution in [0.3, 0.4) is 0 Å². The summed E-state index contributed by atoms with van der Waals surface area (Å²) in [5.74, 6) is -0.0156. The number of carbonyl (C=O) groups is 2. The van der Waals surface area contributed by atoms with Gasteiger partial charge in [-0.15, -0.1) is 0 Å². The minimum atomic E-state index is -0.122. The van der Waals surface area contributed by atoms with Crippen molar-refractivity contribution in [3.8, 4) is 0 Å². The van der Waals surface area contributed by atoms with E-state index in [1.807, 2.05) is 36.4 Å². The summed E-state index contributed by atoms with van der Waals surface area (Å²) >= 11 is 0. The molecule has 0 heterocycles. The Morgan fingerprint density at radius 1 is 1.28 bits per heavy atom. The molecule has 2 nitrogen and oxygen atoms in total. The Morgan fingerprint density at radius 3 is 2.78 bits per heavy atom. The molecule has 0 N–H and O–H groups in total. The molecule has 0 aromatic heterocycles. The van der Waals surface area contributed by atoms with Crippen LogP contribution in [-0.2, 0) is 9.59 Å². The van der Waals surface area contributed by atoms with Gasteiger partial charge in [-0.2, -0.15) is 0 Å². The maximum absolute atomic E-state index is 11.8. The lowest BCUT2D eigenvalue weighted by Gasteiger charge is -2.14. The summed E-state index contributed by atoms with van der Waals surface area (Å²) in [4.78, 5) is 23.3. The largest absolute Gasteiger partial charge is 0.295 e. The number of hydrogen-bond acceptors (Lipinski definition) is 2. The van der Waals surface area contributed by atoms with Gasteiger partial charge in [-0.3, -0.25) is 9.59 Å². The zero-order valence-corrected chi connectivity index (χ0v) is 10.2. The molecule has 1 atom stereocenters. The Hall–Kier alpha value is -1.96. The Kier molecular flexibility index (Phi) is 4.24. The molecule has 0 aliphatic heterocycles. The molecule has 1 aromatic carbocycles. The second-order valence-electron chi connectivity index (χ2n) is 4.49. The van der Waals surface area contributed by atoms with E-state index in [1.165, 1.54) is 0 Å². The quantitative estimate of drug-likeness (QED) is 0.757. The van der Waals surface area contributed by atoms with Crippen molar-refractivity contribution >= 4 is 17.6 Å². The van der Waals surface area contributed by atoms with Crippen LogP contribution in [0, 0.1) is 5.92 Å². The maximum atomic E-state index is 11.8. The van der Waals surface area contributed by atoms with Crippen LogP contribution in [0.25, 0.3) is 6.08 Å². The summed E-state index contributed by atoms with van der Waals surface area (Å²) in [7, 11) is 0. The fourth-order valence-electron chi connectivity index (χ4n) is 2.04. The summed E-state index contributed by atoms with van der Waals surface area (Å²) in [6.07, 6.45) is 8.86. The lowest BCUT2D eigenvalue weighted by molar-refractivity contribution is -0.123. The maximum Gasteiger partial charge on any atom is 0.158 e. The molecule has 0 fully saturated rings. The van der Waals surface area contributed by atoms with Gasteiger partial charge < -0.3 is 0 Å². The van der Waals surface area contributed by atoms with Crippen molar-refractivity contribution in [3.05, 3.63) is 54.1 Å². The van der Waals surface area contributed by atoms with Gasteiger partial charge in [-0.05, 0) is 30.6 Å². The highest BCUT2D eigenvalue weighted by Gasteiger charge is 2.20. The lowest BCUT2D eigenvalue weighted by Crippen LogP contribution is -2.18. The predicted molar refractivity (Wildman–Crippen MR) is 72.0 cm³/mol. The molecule has 0 radical (unpaired) electrons. The van der Waals surface area contributed by atoms with Crippen LogP contribution in [0.2, 0.25) is 0 Å². The van der Waals surface area contributed by atoms with E-state index in [-0.39, 0.29) is 17.5 Å². The molecule has 0 spiro atoms. The van der Waals surface area contributed by atoms with Crippen LogP contribution in [0.15, 0.2) is 48.6 Å². The van der Waals surface area contributed by atoms with Crippen LogP contribution in [0.4, 0.5) is 0 Å². The van der Waals surface area contributed by atoms with Gasteiger partial charge in [0.05, 0.1) is 0 Å². The first-order valence-electron chi connectivity index (χ1n) is 6.22. The zero-order chi connectivity index (χ0) is 12.8. The van der Waals surface area contributed by atoms with Crippen molar-refractivity contribution in [2.24, 2.45) is 5.92 Å². The Morgan fingerprint density at radius 2 is 2.06 bits per heavy atom. The highest BCUT2D eigenvalue weighted by molar-refractivity contribution is 5.99. The molecular formula is C16H16O2. The van der Waals surface area contributed by atoms with Gasteiger partial charge in [0, 0.05) is 12.3 Å². The van der Waals surface area contributed by atoms with Crippen LogP contribution in [0.1, 0.15) is 24.8 Å². The fraction of sp³-hybridized carbons (Fsp3) is 0.250. The number of carbonyl (C=O) groups excluding carboxylic acids is 2. The van der Waals surface area contributed by atoms with E-state index in [2.05, 4.69) is 0 Å². The average Bonchev–Trinajstić information content (AvgIpc) is 2.40. The topological polar surface area (TPSA) is 34.1 Å². The second kappa shape index (κ2) is 6.10. The van der Waals surface area contributed by atoms with Crippen molar-refractivity contribution in [2.45, 2.75) is 19.3 Å². The van der Waals surface area contributed by atoms with Crippen LogP contribution < -0.4 is 0 Å². The normalized spacial score (nSPS) is 19.3. The molecule has 0 saturated carbocycles. The third-order valence-electron chi connectivity index (χ3n) is 3.08. The van der Waals surface area contributed by atoms with Crippen LogP contribution in [0.5, 0.6) is 0 Å². The van der Waals surface area contributed by atoms with Crippen molar-refractivity contribution < 1.29 is 9.59 Å². The Labute approximate surface area is 107 Å². The number of hydrogen-bond donors (Lipinski definition) is 0. The third kappa shape index (κ3) is 3.52. The minimum Gasteiger partial charge on any atom is -0.295 e. The van der Waals surface area contributed by atoms with Crippen molar-refractivity contribution in [3.63, 3.8) is 0 Å². The molecule has 2 rings (SSSR count). The molecular weight excluding hydrogens is 224 g/mol. The third-order valence-corrected chi connectivity index (χ3v) is 3.08. The number of allylic oxidation sites excluding steroid dienone is 3. The Bertz CT molecular complexity index is 483. The molecule has 92 valence electrons. The number of benzene rings is 1. The summed E-state index contributed by atoms with van der Waals surface area (Å²) < 4.78 is 0. The number of rotatable bonds is 4. The van der Waals surface area contributed by atoms with Gasteiger partial charge >= 0.3 is 0 Å². The first-order chi connectivity index (χ1) is 8.75. The number of ketones is 2. The van der Waals surface area contributed by atoms with E-state index in [4.69, 9.17) is 0 Å².